The highest BCUT2D eigenvalue weighted by Gasteiger charge is 2.56. The minimum atomic E-state index is -0.177. The fourth-order valence-electron chi connectivity index (χ4n) is 4.73. The molecule has 2 bridgehead atoms. The molecule has 2 saturated carbocycles. The standard InChI is InChI=1S/C16H17FO/c17-12-3-1-2-9(7-12)14-13(8-18)15-10-4-5-11(6-10)16(14)15/h1-3,7,10-11,15-16,18H,4-6,8H2. The number of fused-ring (bicyclic) bond motifs is 5. The molecule has 3 aliphatic carbocycles. The third kappa shape index (κ3) is 1.24. The summed E-state index contributed by atoms with van der Waals surface area (Å²) in [7, 11) is 0. The summed E-state index contributed by atoms with van der Waals surface area (Å²) in [6.45, 7) is 0.149. The van der Waals surface area contributed by atoms with Crippen molar-refractivity contribution in [3.63, 3.8) is 0 Å². The molecule has 2 heteroatoms. The van der Waals surface area contributed by atoms with Gasteiger partial charge in [0.15, 0.2) is 0 Å². The number of allylic oxidation sites excluding steroid dienone is 1. The molecule has 1 N–H and O–H groups in total. The first kappa shape index (κ1) is 10.7. The third-order valence-electron chi connectivity index (χ3n) is 5.30. The molecule has 0 amide bonds. The Morgan fingerprint density at radius 2 is 1.94 bits per heavy atom. The number of aliphatic hydroxyl groups excluding tert-OH is 1. The molecule has 0 spiro atoms. The van der Waals surface area contributed by atoms with E-state index in [0.717, 1.165) is 17.4 Å². The second kappa shape index (κ2) is 3.67. The zero-order valence-electron chi connectivity index (χ0n) is 10.3. The number of hydrogen-bond acceptors (Lipinski definition) is 1. The van der Waals surface area contributed by atoms with Crippen LogP contribution in [0.15, 0.2) is 29.8 Å². The molecule has 1 aromatic carbocycles. The Morgan fingerprint density at radius 3 is 2.67 bits per heavy atom. The Bertz CT molecular complexity index is 534. The van der Waals surface area contributed by atoms with Crippen molar-refractivity contribution in [2.45, 2.75) is 19.3 Å². The lowest BCUT2D eigenvalue weighted by atomic mass is 9.60. The van der Waals surface area contributed by atoms with E-state index in [9.17, 15) is 9.50 Å². The second-order valence-electron chi connectivity index (χ2n) is 5.99. The van der Waals surface area contributed by atoms with E-state index in [2.05, 4.69) is 0 Å². The summed E-state index contributed by atoms with van der Waals surface area (Å²) in [5.41, 5.74) is 3.44. The van der Waals surface area contributed by atoms with Gasteiger partial charge in [-0.3, -0.25) is 0 Å². The Labute approximate surface area is 106 Å². The van der Waals surface area contributed by atoms with E-state index < -0.39 is 0 Å². The molecule has 0 saturated heterocycles. The minimum absolute atomic E-state index is 0.149. The fourth-order valence-corrected chi connectivity index (χ4v) is 4.73. The predicted octanol–water partition coefficient (Wildman–Crippen LogP) is 3.25. The van der Waals surface area contributed by atoms with Crippen LogP contribution < -0.4 is 0 Å². The highest BCUT2D eigenvalue weighted by molar-refractivity contribution is 5.78. The van der Waals surface area contributed by atoms with Gasteiger partial charge in [0.05, 0.1) is 6.61 Å². The summed E-state index contributed by atoms with van der Waals surface area (Å²) in [6.07, 6.45) is 3.97. The van der Waals surface area contributed by atoms with Gasteiger partial charge >= 0.3 is 0 Å². The fraction of sp³-hybridized carbons (Fsp3) is 0.500. The molecule has 0 radical (unpaired) electrons. The Hall–Kier alpha value is -1.15. The number of aliphatic hydroxyl groups is 1. The molecule has 1 aromatic rings. The van der Waals surface area contributed by atoms with E-state index in [0.29, 0.717) is 11.8 Å². The molecule has 94 valence electrons. The van der Waals surface area contributed by atoms with Crippen LogP contribution in [0.1, 0.15) is 24.8 Å². The number of benzene rings is 1. The van der Waals surface area contributed by atoms with Crippen LogP contribution in [-0.2, 0) is 0 Å². The number of rotatable bonds is 2. The number of hydrogen-bond donors (Lipinski definition) is 1. The van der Waals surface area contributed by atoms with E-state index in [4.69, 9.17) is 0 Å². The summed E-state index contributed by atoms with van der Waals surface area (Å²) >= 11 is 0. The van der Waals surface area contributed by atoms with Crippen LogP contribution in [-0.4, -0.2) is 11.7 Å². The van der Waals surface area contributed by atoms with Crippen molar-refractivity contribution in [1.82, 2.24) is 0 Å². The van der Waals surface area contributed by atoms with E-state index in [1.807, 2.05) is 6.07 Å². The molecular weight excluding hydrogens is 227 g/mol. The highest BCUT2D eigenvalue weighted by Crippen LogP contribution is 2.65. The van der Waals surface area contributed by atoms with Gasteiger partial charge in [0, 0.05) is 0 Å². The molecule has 1 nitrogen and oxygen atoms in total. The molecule has 4 unspecified atom stereocenters. The van der Waals surface area contributed by atoms with Crippen molar-refractivity contribution in [1.29, 1.82) is 0 Å². The topological polar surface area (TPSA) is 20.2 Å². The van der Waals surface area contributed by atoms with Crippen LogP contribution in [0.4, 0.5) is 4.39 Å². The monoisotopic (exact) mass is 244 g/mol. The smallest absolute Gasteiger partial charge is 0.123 e. The van der Waals surface area contributed by atoms with Crippen molar-refractivity contribution in [3.05, 3.63) is 41.2 Å². The van der Waals surface area contributed by atoms with E-state index in [-0.39, 0.29) is 12.4 Å². The summed E-state index contributed by atoms with van der Waals surface area (Å²) in [5.74, 6) is 2.61. The maximum atomic E-state index is 13.4. The van der Waals surface area contributed by atoms with Crippen LogP contribution in [0, 0.1) is 29.5 Å². The lowest BCUT2D eigenvalue weighted by Gasteiger charge is -2.45. The summed E-state index contributed by atoms with van der Waals surface area (Å²) in [6, 6.07) is 6.86. The van der Waals surface area contributed by atoms with Crippen LogP contribution in [0.2, 0.25) is 0 Å². The zero-order chi connectivity index (χ0) is 12.3. The average molecular weight is 244 g/mol. The van der Waals surface area contributed by atoms with Gasteiger partial charge in [-0.25, -0.2) is 4.39 Å². The van der Waals surface area contributed by atoms with E-state index in [1.165, 1.54) is 36.5 Å². The average Bonchev–Trinajstić information content (AvgIpc) is 2.87. The van der Waals surface area contributed by atoms with Crippen molar-refractivity contribution in [3.8, 4) is 0 Å². The molecular formula is C16H17FO. The quantitative estimate of drug-likeness (QED) is 0.846. The van der Waals surface area contributed by atoms with Gasteiger partial charge in [0.25, 0.3) is 0 Å². The first-order chi connectivity index (χ1) is 8.79. The molecule has 4 atom stereocenters. The molecule has 0 heterocycles. The van der Waals surface area contributed by atoms with Gasteiger partial charge in [-0.1, -0.05) is 12.1 Å². The van der Waals surface area contributed by atoms with E-state index >= 15 is 0 Å². The van der Waals surface area contributed by atoms with Crippen molar-refractivity contribution in [2.24, 2.45) is 23.7 Å². The third-order valence-corrected chi connectivity index (χ3v) is 5.30. The molecule has 2 fully saturated rings. The highest BCUT2D eigenvalue weighted by atomic mass is 19.1. The zero-order valence-corrected chi connectivity index (χ0v) is 10.3. The first-order valence-corrected chi connectivity index (χ1v) is 6.89. The lowest BCUT2D eigenvalue weighted by Crippen LogP contribution is -2.36. The maximum Gasteiger partial charge on any atom is 0.123 e. The van der Waals surface area contributed by atoms with Crippen LogP contribution in [0.5, 0.6) is 0 Å². The Kier molecular flexibility index (Phi) is 2.19. The minimum Gasteiger partial charge on any atom is -0.392 e. The molecule has 3 aliphatic rings. The predicted molar refractivity (Wildman–Crippen MR) is 68.2 cm³/mol. The van der Waals surface area contributed by atoms with E-state index in [1.54, 1.807) is 12.1 Å². The Balaban J connectivity index is 1.80. The molecule has 0 aromatic heterocycles. The van der Waals surface area contributed by atoms with Gasteiger partial charge in [-0.2, -0.15) is 0 Å². The van der Waals surface area contributed by atoms with Gasteiger partial charge in [-0.05, 0) is 71.8 Å². The second-order valence-corrected chi connectivity index (χ2v) is 5.99. The molecule has 18 heavy (non-hydrogen) atoms. The van der Waals surface area contributed by atoms with Crippen LogP contribution in [0.3, 0.4) is 0 Å². The van der Waals surface area contributed by atoms with Crippen molar-refractivity contribution in [2.75, 3.05) is 6.61 Å². The van der Waals surface area contributed by atoms with Crippen LogP contribution >= 0.6 is 0 Å². The molecule has 0 aliphatic heterocycles. The van der Waals surface area contributed by atoms with Gasteiger partial charge < -0.3 is 5.11 Å². The maximum absolute atomic E-state index is 13.4. The van der Waals surface area contributed by atoms with Crippen LogP contribution in [0.25, 0.3) is 5.57 Å². The van der Waals surface area contributed by atoms with Gasteiger partial charge in [-0.15, -0.1) is 0 Å². The van der Waals surface area contributed by atoms with Gasteiger partial charge in [0.1, 0.15) is 5.82 Å². The lowest BCUT2D eigenvalue weighted by molar-refractivity contribution is 0.229. The summed E-state index contributed by atoms with van der Waals surface area (Å²) in [4.78, 5) is 0. The first-order valence-electron chi connectivity index (χ1n) is 6.89. The SMILES string of the molecule is OCC1=C(c2cccc(F)c2)C2C3CCC(C3)C12. The van der Waals surface area contributed by atoms with Crippen molar-refractivity contribution >= 4 is 5.57 Å². The normalized spacial score (nSPS) is 36.8. The largest absolute Gasteiger partial charge is 0.392 e. The number of halogens is 1. The van der Waals surface area contributed by atoms with Gasteiger partial charge in [0.2, 0.25) is 0 Å². The summed E-state index contributed by atoms with van der Waals surface area (Å²) < 4.78 is 13.4. The van der Waals surface area contributed by atoms with Crippen molar-refractivity contribution < 1.29 is 9.50 Å². The summed E-state index contributed by atoms with van der Waals surface area (Å²) in [5, 5.41) is 9.61. The molecule has 4 rings (SSSR count). The Morgan fingerprint density at radius 1 is 1.17 bits per heavy atom.